The highest BCUT2D eigenvalue weighted by atomic mass is 16.5. The van der Waals surface area contributed by atoms with E-state index < -0.39 is 0 Å². The van der Waals surface area contributed by atoms with Crippen LogP contribution >= 0.6 is 0 Å². The summed E-state index contributed by atoms with van der Waals surface area (Å²) in [5, 5.41) is 10.4. The summed E-state index contributed by atoms with van der Waals surface area (Å²) in [6.07, 6.45) is 4.53. The summed E-state index contributed by atoms with van der Waals surface area (Å²) in [5.41, 5.74) is 6.77. The number of rotatable bonds is 4. The highest BCUT2D eigenvalue weighted by molar-refractivity contribution is 5.83. The predicted octanol–water partition coefficient (Wildman–Crippen LogP) is 4.55. The average molecular weight is 428 g/mol. The first-order valence-electron chi connectivity index (χ1n) is 11.1. The van der Waals surface area contributed by atoms with Crippen molar-refractivity contribution >= 4 is 16.9 Å². The maximum absolute atomic E-state index is 13.0. The molecule has 0 aliphatic carbocycles. The molecule has 2 aromatic heterocycles. The number of aromatic nitrogens is 1. The highest BCUT2D eigenvalue weighted by Crippen LogP contribution is 2.30. The molecule has 4 aromatic rings. The number of carbonyl (C=O) groups excluding carboxylic acids is 1. The molecule has 0 saturated heterocycles. The highest BCUT2D eigenvalue weighted by Gasteiger charge is 2.21. The van der Waals surface area contributed by atoms with Crippen molar-refractivity contribution < 1.29 is 19.1 Å². The Kier molecular flexibility index (Phi) is 5.17. The van der Waals surface area contributed by atoms with E-state index in [1.54, 1.807) is 12.4 Å². The number of nitrogens with zero attached hydrogens (tertiary/aromatic N) is 2. The fourth-order valence-electron chi connectivity index (χ4n) is 4.50. The van der Waals surface area contributed by atoms with E-state index >= 15 is 0 Å². The van der Waals surface area contributed by atoms with Gasteiger partial charge in [0.25, 0.3) is 0 Å². The molecule has 162 valence electrons. The second-order valence-corrected chi connectivity index (χ2v) is 8.77. The van der Waals surface area contributed by atoms with Crippen LogP contribution in [0.4, 0.5) is 0 Å². The first kappa shape index (κ1) is 20.3. The number of pyridine rings is 1. The molecule has 0 radical (unpaired) electrons. The third kappa shape index (κ3) is 3.98. The molecule has 2 aromatic carbocycles. The molecule has 5 nitrogen and oxygen atoms in total. The summed E-state index contributed by atoms with van der Waals surface area (Å²) in [6, 6.07) is 18.3. The lowest BCUT2D eigenvalue weighted by Crippen LogP contribution is -2.36. The number of hydrogen-bond donors (Lipinski definition) is 1. The maximum atomic E-state index is 13.0. The smallest absolute Gasteiger partial charge is 0.227 e. The summed E-state index contributed by atoms with van der Waals surface area (Å²) in [6.45, 7) is 5.65. The molecule has 0 bridgehead atoms. The first-order chi connectivity index (χ1) is 15.5. The fourth-order valence-corrected chi connectivity index (χ4v) is 4.50. The average Bonchev–Trinajstić information content (AvgIpc) is 3.22. The fraction of sp³-hybridized carbons (Fsp3) is 0.259. The van der Waals surface area contributed by atoms with E-state index in [4.69, 9.17) is 4.42 Å². The Morgan fingerprint density at radius 3 is 2.72 bits per heavy atom. The summed E-state index contributed by atoms with van der Waals surface area (Å²) < 4.78 is 7.10. The zero-order valence-corrected chi connectivity index (χ0v) is 18.4. The quantitative estimate of drug-likeness (QED) is 0.384. The number of carbonyl (C=O) groups is 1. The standard InChI is InChI=1S/C27H27N2O3/c1-18-3-5-23-17-28(10-7-22(23)13-18)27(30)15-20-4-6-25-24(14-20)16-26(32-25)19(2)21-8-11-29(31)12-9-21/h3-6,8-9,11-14,16,19,31H,7,10,15,17H2,1-2H3/q+1. The van der Waals surface area contributed by atoms with Gasteiger partial charge < -0.3 is 9.32 Å². The van der Waals surface area contributed by atoms with E-state index in [-0.39, 0.29) is 11.8 Å². The number of fused-ring (bicyclic) bond motifs is 2. The van der Waals surface area contributed by atoms with Gasteiger partial charge in [-0.2, -0.15) is 0 Å². The Morgan fingerprint density at radius 1 is 1.09 bits per heavy atom. The van der Waals surface area contributed by atoms with E-state index in [1.807, 2.05) is 35.2 Å². The van der Waals surface area contributed by atoms with Gasteiger partial charge in [0, 0.05) is 41.3 Å². The minimum Gasteiger partial charge on any atom is -0.460 e. The van der Waals surface area contributed by atoms with Crippen LogP contribution in [0, 0.1) is 6.92 Å². The lowest BCUT2D eigenvalue weighted by atomic mass is 9.97. The Balaban J connectivity index is 1.31. The Bertz CT molecular complexity index is 1290. The van der Waals surface area contributed by atoms with Gasteiger partial charge in [-0.15, -0.1) is 0 Å². The van der Waals surface area contributed by atoms with Crippen molar-refractivity contribution in [3.8, 4) is 0 Å². The van der Waals surface area contributed by atoms with Gasteiger partial charge in [0.15, 0.2) is 0 Å². The van der Waals surface area contributed by atoms with Crippen molar-refractivity contribution in [1.29, 1.82) is 0 Å². The normalized spacial score (nSPS) is 14.4. The van der Waals surface area contributed by atoms with Crippen LogP contribution in [0.5, 0.6) is 0 Å². The summed E-state index contributed by atoms with van der Waals surface area (Å²) >= 11 is 0. The van der Waals surface area contributed by atoms with Gasteiger partial charge in [0.2, 0.25) is 18.3 Å². The number of benzene rings is 2. The van der Waals surface area contributed by atoms with E-state index in [2.05, 4.69) is 38.1 Å². The van der Waals surface area contributed by atoms with Crippen LogP contribution in [-0.2, 0) is 24.2 Å². The van der Waals surface area contributed by atoms with Crippen LogP contribution in [0.2, 0.25) is 0 Å². The SMILES string of the molecule is Cc1ccc2c(c1)CCN(C(=O)Cc1ccc3oc(C(C)c4cc[n+](O)cc4)cc3c1)C2. The van der Waals surface area contributed by atoms with Crippen LogP contribution in [0.25, 0.3) is 11.0 Å². The molecule has 0 saturated carbocycles. The molecule has 0 spiro atoms. The van der Waals surface area contributed by atoms with E-state index in [1.165, 1.54) is 16.7 Å². The second kappa shape index (κ2) is 8.15. The van der Waals surface area contributed by atoms with Gasteiger partial charge in [-0.3, -0.25) is 10.0 Å². The molecule has 1 aliphatic heterocycles. The lowest BCUT2D eigenvalue weighted by molar-refractivity contribution is -0.904. The number of aryl methyl sites for hydroxylation is 1. The van der Waals surface area contributed by atoms with E-state index in [0.717, 1.165) is 45.6 Å². The van der Waals surface area contributed by atoms with Crippen molar-refractivity contribution in [2.24, 2.45) is 0 Å². The second-order valence-electron chi connectivity index (χ2n) is 8.77. The molecule has 1 unspecified atom stereocenters. The van der Waals surface area contributed by atoms with Crippen LogP contribution in [0.3, 0.4) is 0 Å². The van der Waals surface area contributed by atoms with Crippen molar-refractivity contribution in [3.05, 3.63) is 101 Å². The van der Waals surface area contributed by atoms with Crippen molar-refractivity contribution in [2.45, 2.75) is 39.2 Å². The van der Waals surface area contributed by atoms with Gasteiger partial charge in [-0.05, 0) is 53.8 Å². The molecule has 5 rings (SSSR count). The lowest BCUT2D eigenvalue weighted by Gasteiger charge is -2.29. The molecular weight excluding hydrogens is 400 g/mol. The zero-order valence-electron chi connectivity index (χ0n) is 18.4. The molecule has 1 N–H and O–H groups in total. The van der Waals surface area contributed by atoms with Crippen LogP contribution < -0.4 is 4.73 Å². The Hall–Kier alpha value is -3.60. The van der Waals surface area contributed by atoms with E-state index in [9.17, 15) is 10.0 Å². The molecule has 0 fully saturated rings. The van der Waals surface area contributed by atoms with Crippen LogP contribution in [-0.4, -0.2) is 22.6 Å². The Labute approximate surface area is 187 Å². The minimum absolute atomic E-state index is 0.0609. The van der Waals surface area contributed by atoms with Crippen LogP contribution in [0.15, 0.2) is 71.4 Å². The monoisotopic (exact) mass is 427 g/mol. The Morgan fingerprint density at radius 2 is 1.91 bits per heavy atom. The molecule has 5 heteroatoms. The molecule has 1 amide bonds. The largest absolute Gasteiger partial charge is 0.460 e. The zero-order chi connectivity index (χ0) is 22.2. The van der Waals surface area contributed by atoms with Crippen molar-refractivity contribution in [1.82, 2.24) is 4.90 Å². The molecule has 1 atom stereocenters. The predicted molar refractivity (Wildman–Crippen MR) is 122 cm³/mol. The van der Waals surface area contributed by atoms with Gasteiger partial charge in [0.1, 0.15) is 11.3 Å². The summed E-state index contributed by atoms with van der Waals surface area (Å²) in [4.78, 5) is 15.0. The summed E-state index contributed by atoms with van der Waals surface area (Å²) in [7, 11) is 0. The number of furan rings is 1. The van der Waals surface area contributed by atoms with Gasteiger partial charge in [-0.1, -0.05) is 36.8 Å². The topological polar surface area (TPSA) is 57.6 Å². The molecule has 1 aliphatic rings. The minimum atomic E-state index is 0.0609. The van der Waals surface area contributed by atoms with E-state index in [0.29, 0.717) is 13.0 Å². The molecule has 3 heterocycles. The van der Waals surface area contributed by atoms with Crippen LogP contribution in [0.1, 0.15) is 46.4 Å². The van der Waals surface area contributed by atoms with Gasteiger partial charge in [0.05, 0.1) is 6.42 Å². The molecule has 32 heavy (non-hydrogen) atoms. The van der Waals surface area contributed by atoms with Gasteiger partial charge in [-0.25, -0.2) is 0 Å². The van der Waals surface area contributed by atoms with Crippen molar-refractivity contribution in [3.63, 3.8) is 0 Å². The third-order valence-electron chi connectivity index (χ3n) is 6.45. The first-order valence-corrected chi connectivity index (χ1v) is 11.1. The van der Waals surface area contributed by atoms with Crippen molar-refractivity contribution in [2.75, 3.05) is 6.54 Å². The third-order valence-corrected chi connectivity index (χ3v) is 6.45. The van der Waals surface area contributed by atoms with Gasteiger partial charge >= 0.3 is 0 Å². The number of hydrogen-bond acceptors (Lipinski definition) is 3. The maximum Gasteiger partial charge on any atom is 0.227 e. The summed E-state index contributed by atoms with van der Waals surface area (Å²) in [5.74, 6) is 1.09. The number of amides is 1. The molecular formula is C27H27N2O3+.